The minimum Gasteiger partial charge on any atom is -0.293 e. The normalized spacial score (nSPS) is 22.3. The van der Waals surface area contributed by atoms with Crippen LogP contribution in [0.3, 0.4) is 0 Å². The molecule has 0 radical (unpaired) electrons. The molecule has 2 heteroatoms. The molecule has 0 atom stereocenters. The van der Waals surface area contributed by atoms with E-state index in [0.717, 1.165) is 6.54 Å². The molecule has 0 aromatic rings. The first-order valence-corrected chi connectivity index (χ1v) is 5.04. The van der Waals surface area contributed by atoms with Crippen molar-refractivity contribution < 1.29 is 0 Å². The molecule has 0 aliphatic carbocycles. The zero-order valence-corrected chi connectivity index (χ0v) is 8.50. The van der Waals surface area contributed by atoms with Crippen LogP contribution in [-0.4, -0.2) is 29.3 Å². The van der Waals surface area contributed by atoms with Crippen LogP contribution in [0.4, 0.5) is 0 Å². The maximum atomic E-state index is 4.00. The van der Waals surface area contributed by atoms with Crippen LogP contribution < -0.4 is 0 Å². The summed E-state index contributed by atoms with van der Waals surface area (Å²) in [7, 11) is 0. The molecule has 1 fully saturated rings. The zero-order valence-electron chi connectivity index (χ0n) is 7.68. The Morgan fingerprint density at radius 1 is 1.45 bits per heavy atom. The van der Waals surface area contributed by atoms with Crippen LogP contribution in [-0.2, 0) is 0 Å². The van der Waals surface area contributed by atoms with Gasteiger partial charge in [-0.3, -0.25) is 4.90 Å². The number of thioether (sulfide) groups is 1. The second-order valence-electron chi connectivity index (χ2n) is 3.98. The molecule has 0 saturated carbocycles. The molecule has 0 bridgehead atoms. The first-order valence-electron chi connectivity index (χ1n) is 4.06. The molecule has 1 heterocycles. The van der Waals surface area contributed by atoms with Gasteiger partial charge >= 0.3 is 0 Å². The molecule has 1 nitrogen and oxygen atoms in total. The van der Waals surface area contributed by atoms with E-state index in [9.17, 15) is 0 Å². The molecular weight excluding hydrogens is 154 g/mol. The van der Waals surface area contributed by atoms with E-state index in [2.05, 4.69) is 32.3 Å². The van der Waals surface area contributed by atoms with Crippen molar-refractivity contribution in [3.63, 3.8) is 0 Å². The Morgan fingerprint density at radius 2 is 2.09 bits per heavy atom. The summed E-state index contributed by atoms with van der Waals surface area (Å²) in [6.07, 6.45) is 0. The van der Waals surface area contributed by atoms with E-state index in [1.54, 1.807) is 0 Å². The highest BCUT2D eigenvalue weighted by Gasteiger charge is 2.24. The van der Waals surface area contributed by atoms with E-state index >= 15 is 0 Å². The minimum atomic E-state index is 0.309. The summed E-state index contributed by atoms with van der Waals surface area (Å²) < 4.78 is 0. The van der Waals surface area contributed by atoms with Gasteiger partial charge in [0.25, 0.3) is 0 Å². The lowest BCUT2D eigenvalue weighted by molar-refractivity contribution is 0.161. The Hall–Kier alpha value is 0.0500. The van der Waals surface area contributed by atoms with Gasteiger partial charge in [-0.15, -0.1) is 11.8 Å². The van der Waals surface area contributed by atoms with Gasteiger partial charge < -0.3 is 0 Å². The standard InChI is InChI=1S/C9H17NS/c1-8-7-10(5-6-11-8)9(2,3)4/h1,5-7H2,2-4H3. The van der Waals surface area contributed by atoms with Crippen molar-refractivity contribution in [1.82, 2.24) is 4.90 Å². The van der Waals surface area contributed by atoms with Crippen molar-refractivity contribution in [1.29, 1.82) is 0 Å². The van der Waals surface area contributed by atoms with Gasteiger partial charge in [0.1, 0.15) is 0 Å². The summed E-state index contributed by atoms with van der Waals surface area (Å²) in [6.45, 7) is 13.0. The third-order valence-electron chi connectivity index (χ3n) is 1.98. The Balaban J connectivity index is 2.53. The van der Waals surface area contributed by atoms with Gasteiger partial charge in [-0.2, -0.15) is 0 Å². The van der Waals surface area contributed by atoms with Gasteiger partial charge in [0.05, 0.1) is 0 Å². The molecule has 1 saturated heterocycles. The molecule has 0 aromatic carbocycles. The van der Waals surface area contributed by atoms with E-state index in [1.807, 2.05) is 11.8 Å². The maximum Gasteiger partial charge on any atom is 0.0293 e. The van der Waals surface area contributed by atoms with Crippen LogP contribution in [0.2, 0.25) is 0 Å². The van der Waals surface area contributed by atoms with Crippen molar-refractivity contribution in [3.8, 4) is 0 Å². The van der Waals surface area contributed by atoms with Gasteiger partial charge in [-0.25, -0.2) is 0 Å². The molecule has 0 amide bonds. The molecule has 0 unspecified atom stereocenters. The average molecular weight is 171 g/mol. The monoisotopic (exact) mass is 171 g/mol. The van der Waals surface area contributed by atoms with Crippen LogP contribution in [0, 0.1) is 0 Å². The molecule has 0 N–H and O–H groups in total. The Labute approximate surface area is 73.8 Å². The van der Waals surface area contributed by atoms with Gasteiger partial charge in [-0.1, -0.05) is 6.58 Å². The fourth-order valence-corrected chi connectivity index (χ4v) is 2.06. The fraction of sp³-hybridized carbons (Fsp3) is 0.778. The summed E-state index contributed by atoms with van der Waals surface area (Å²) in [5.41, 5.74) is 0.309. The second-order valence-corrected chi connectivity index (χ2v) is 5.25. The summed E-state index contributed by atoms with van der Waals surface area (Å²) in [5.74, 6) is 1.20. The zero-order chi connectivity index (χ0) is 8.48. The van der Waals surface area contributed by atoms with Gasteiger partial charge in [0.15, 0.2) is 0 Å². The minimum absolute atomic E-state index is 0.309. The topological polar surface area (TPSA) is 3.24 Å². The molecular formula is C9H17NS. The van der Waals surface area contributed by atoms with E-state index in [0.29, 0.717) is 5.54 Å². The lowest BCUT2D eigenvalue weighted by Crippen LogP contribution is -2.45. The van der Waals surface area contributed by atoms with Gasteiger partial charge in [0.2, 0.25) is 0 Å². The molecule has 11 heavy (non-hydrogen) atoms. The van der Waals surface area contributed by atoms with E-state index < -0.39 is 0 Å². The van der Waals surface area contributed by atoms with Crippen LogP contribution >= 0.6 is 11.8 Å². The third kappa shape index (κ3) is 2.53. The van der Waals surface area contributed by atoms with Crippen LogP contribution in [0.1, 0.15) is 20.8 Å². The SMILES string of the molecule is C=C1CN(C(C)(C)C)CCS1. The Kier molecular flexibility index (Phi) is 2.66. The van der Waals surface area contributed by atoms with E-state index in [-0.39, 0.29) is 0 Å². The van der Waals surface area contributed by atoms with Crippen molar-refractivity contribution in [3.05, 3.63) is 11.5 Å². The number of hydrogen-bond acceptors (Lipinski definition) is 2. The van der Waals surface area contributed by atoms with Crippen molar-refractivity contribution in [2.45, 2.75) is 26.3 Å². The molecule has 0 spiro atoms. The van der Waals surface area contributed by atoms with E-state index in [1.165, 1.54) is 17.2 Å². The van der Waals surface area contributed by atoms with Crippen LogP contribution in [0.15, 0.2) is 11.5 Å². The first kappa shape index (κ1) is 9.14. The van der Waals surface area contributed by atoms with Gasteiger partial charge in [-0.05, 0) is 25.7 Å². The average Bonchev–Trinajstić information content (AvgIpc) is 1.86. The summed E-state index contributed by atoms with van der Waals surface area (Å²) in [5, 5.41) is 0. The highest BCUT2D eigenvalue weighted by atomic mass is 32.2. The second kappa shape index (κ2) is 3.20. The molecule has 64 valence electrons. The number of nitrogens with zero attached hydrogens (tertiary/aromatic N) is 1. The predicted octanol–water partition coefficient (Wildman–Crippen LogP) is 2.35. The first-order chi connectivity index (χ1) is 5.00. The van der Waals surface area contributed by atoms with Crippen LogP contribution in [0.5, 0.6) is 0 Å². The smallest absolute Gasteiger partial charge is 0.0293 e. The number of rotatable bonds is 0. The summed E-state index contributed by atoms with van der Waals surface area (Å²) in [4.78, 5) is 3.79. The van der Waals surface area contributed by atoms with E-state index in [4.69, 9.17) is 0 Å². The molecule has 1 rings (SSSR count). The summed E-state index contributed by atoms with van der Waals surface area (Å²) >= 11 is 1.90. The predicted molar refractivity (Wildman–Crippen MR) is 52.9 cm³/mol. The van der Waals surface area contributed by atoms with Crippen LogP contribution in [0.25, 0.3) is 0 Å². The molecule has 0 aromatic heterocycles. The van der Waals surface area contributed by atoms with Crippen molar-refractivity contribution in [2.75, 3.05) is 18.8 Å². The highest BCUT2D eigenvalue weighted by molar-refractivity contribution is 8.03. The molecule has 1 aliphatic heterocycles. The number of hydrogen-bond donors (Lipinski definition) is 0. The van der Waals surface area contributed by atoms with Crippen molar-refractivity contribution >= 4 is 11.8 Å². The van der Waals surface area contributed by atoms with Crippen molar-refractivity contribution in [2.24, 2.45) is 0 Å². The van der Waals surface area contributed by atoms with Gasteiger partial charge in [0, 0.05) is 24.4 Å². The lowest BCUT2D eigenvalue weighted by Gasteiger charge is -2.38. The summed E-state index contributed by atoms with van der Waals surface area (Å²) in [6, 6.07) is 0. The maximum absolute atomic E-state index is 4.00. The quantitative estimate of drug-likeness (QED) is 0.550. The Morgan fingerprint density at radius 3 is 2.45 bits per heavy atom. The lowest BCUT2D eigenvalue weighted by atomic mass is 10.1. The highest BCUT2D eigenvalue weighted by Crippen LogP contribution is 2.25. The largest absolute Gasteiger partial charge is 0.293 e. The Bertz CT molecular complexity index is 157. The molecule has 1 aliphatic rings. The fourth-order valence-electron chi connectivity index (χ4n) is 1.21. The third-order valence-corrected chi connectivity index (χ3v) is 2.91.